The molecule has 1 aliphatic rings. The number of aliphatic hydroxyl groups is 4. The fraction of sp³-hybridized carbons (Fsp3) is 0.600. The molecule has 1 saturated heterocycles. The zero-order chi connectivity index (χ0) is 28.6. The van der Waals surface area contributed by atoms with E-state index in [4.69, 9.17) is 14.9 Å². The number of nitrogens with zero attached hydrogens (tertiary/aromatic N) is 1. The summed E-state index contributed by atoms with van der Waals surface area (Å²) in [6.45, 7) is 4.77. The first kappa shape index (κ1) is 32.9. The molecule has 1 fully saturated rings. The molecule has 1 amide bonds. The van der Waals surface area contributed by atoms with Crippen molar-refractivity contribution in [2.24, 2.45) is 0 Å². The summed E-state index contributed by atoms with van der Waals surface area (Å²) < 4.78 is 5.07. The number of hydrogen-bond acceptors (Lipinski definition) is 8. The highest BCUT2D eigenvalue weighted by Gasteiger charge is 2.21. The lowest BCUT2D eigenvalue weighted by atomic mass is 10.0. The van der Waals surface area contributed by atoms with E-state index in [0.29, 0.717) is 11.3 Å². The van der Waals surface area contributed by atoms with Crippen LogP contribution < -0.4 is 4.90 Å². The van der Waals surface area contributed by atoms with Gasteiger partial charge >= 0.3 is 5.97 Å². The van der Waals surface area contributed by atoms with Crippen LogP contribution in [0.15, 0.2) is 36.4 Å². The summed E-state index contributed by atoms with van der Waals surface area (Å²) in [5, 5.41) is 37.4. The zero-order valence-electron chi connectivity index (χ0n) is 23.3. The molecule has 8 nitrogen and oxygen atoms in total. The van der Waals surface area contributed by atoms with Crippen molar-refractivity contribution in [3.05, 3.63) is 51.7 Å². The van der Waals surface area contributed by atoms with E-state index < -0.39 is 12.2 Å². The average molecular weight is 564 g/mol. The smallest absolute Gasteiger partial charge is 0.348 e. The predicted octanol–water partition coefficient (Wildman–Crippen LogP) is 4.78. The van der Waals surface area contributed by atoms with Gasteiger partial charge in [-0.25, -0.2) is 4.79 Å². The second-order valence-electron chi connectivity index (χ2n) is 9.92. The third-order valence-corrected chi connectivity index (χ3v) is 7.67. The molecule has 1 aromatic heterocycles. The molecule has 0 saturated carbocycles. The minimum atomic E-state index is -0.936. The molecule has 0 aliphatic carbocycles. The lowest BCUT2D eigenvalue weighted by Crippen LogP contribution is -2.23. The number of thiophene rings is 1. The zero-order valence-corrected chi connectivity index (χ0v) is 24.1. The Bertz CT molecular complexity index is 978. The van der Waals surface area contributed by atoms with E-state index in [2.05, 4.69) is 13.8 Å². The summed E-state index contributed by atoms with van der Waals surface area (Å²) in [4.78, 5) is 26.9. The fourth-order valence-electron chi connectivity index (χ4n) is 4.29. The summed E-state index contributed by atoms with van der Waals surface area (Å²) in [5.41, 5.74) is 1.90. The Morgan fingerprint density at radius 2 is 1.74 bits per heavy atom. The van der Waals surface area contributed by atoms with Gasteiger partial charge in [-0.2, -0.15) is 0 Å². The number of ether oxygens (including phenoxy) is 1. The van der Waals surface area contributed by atoms with Crippen molar-refractivity contribution in [2.45, 2.75) is 96.4 Å². The third kappa shape index (κ3) is 11.8. The monoisotopic (exact) mass is 563 g/mol. The molecule has 0 bridgehead atoms. The number of carbonyl (C=O) groups excluding carboxylic acids is 2. The van der Waals surface area contributed by atoms with Crippen molar-refractivity contribution >= 4 is 28.9 Å². The van der Waals surface area contributed by atoms with Crippen LogP contribution in [0.2, 0.25) is 0 Å². The molecule has 2 unspecified atom stereocenters. The molecule has 9 heteroatoms. The van der Waals surface area contributed by atoms with Gasteiger partial charge in [0.15, 0.2) is 0 Å². The Morgan fingerprint density at radius 3 is 2.36 bits per heavy atom. The van der Waals surface area contributed by atoms with Gasteiger partial charge in [-0.3, -0.25) is 4.79 Å². The number of anilines is 1. The van der Waals surface area contributed by atoms with Gasteiger partial charge in [0, 0.05) is 36.4 Å². The Kier molecular flexibility index (Phi) is 15.3. The second kappa shape index (κ2) is 18.1. The maximum Gasteiger partial charge on any atom is 0.348 e. The van der Waals surface area contributed by atoms with Crippen molar-refractivity contribution in [3.63, 3.8) is 0 Å². The predicted molar refractivity (Wildman–Crippen MR) is 154 cm³/mol. The maximum absolute atomic E-state index is 11.7. The molecule has 1 aliphatic heterocycles. The number of benzene rings is 1. The van der Waals surface area contributed by atoms with Crippen molar-refractivity contribution in [1.82, 2.24) is 0 Å². The molecule has 2 heterocycles. The molecule has 2 aromatic rings. The maximum atomic E-state index is 11.7. The van der Waals surface area contributed by atoms with Gasteiger partial charge < -0.3 is 30.1 Å². The molecular formula is C30H45NO7S. The van der Waals surface area contributed by atoms with Crippen molar-refractivity contribution < 1.29 is 34.8 Å². The van der Waals surface area contributed by atoms with Crippen molar-refractivity contribution in [3.8, 4) is 0 Å². The van der Waals surface area contributed by atoms with E-state index >= 15 is 0 Å². The van der Waals surface area contributed by atoms with Crippen molar-refractivity contribution in [2.75, 3.05) is 24.7 Å². The van der Waals surface area contributed by atoms with E-state index in [1.54, 1.807) is 6.07 Å². The van der Waals surface area contributed by atoms with Crippen LogP contribution in [0.25, 0.3) is 0 Å². The molecule has 218 valence electrons. The van der Waals surface area contributed by atoms with Crippen LogP contribution in [0.1, 0.15) is 97.9 Å². The summed E-state index contributed by atoms with van der Waals surface area (Å²) in [7, 11) is 0. The van der Waals surface area contributed by atoms with Gasteiger partial charge in [0.05, 0.1) is 31.5 Å². The first-order valence-corrected chi connectivity index (χ1v) is 14.9. The van der Waals surface area contributed by atoms with Gasteiger partial charge in [0.2, 0.25) is 5.91 Å². The molecule has 39 heavy (non-hydrogen) atoms. The van der Waals surface area contributed by atoms with Crippen LogP contribution in [0, 0.1) is 0 Å². The third-order valence-electron chi connectivity index (χ3n) is 6.54. The van der Waals surface area contributed by atoms with Crippen LogP contribution in [0.4, 0.5) is 5.69 Å². The van der Waals surface area contributed by atoms with Gasteiger partial charge in [0.25, 0.3) is 0 Å². The SMILES string of the molecule is CCCCC[C@H](O)c1ccc(N2CCCC2=O)cc1.CCCc1ccc(C(=O)OCCC(O)CC(O)CO)s1. The highest BCUT2D eigenvalue weighted by atomic mass is 32.1. The number of aryl methyl sites for hydroxylation is 1. The number of amides is 1. The standard InChI is InChI=1S/C16H23NO2.C14H22O5S/c1-2-3-4-6-15(18)13-8-10-14(11-9-13)17-12-5-7-16(17)19;1-2-3-12-4-5-13(20-12)14(18)19-7-6-10(16)8-11(17)9-15/h8-11,15,18H,2-7,12H2,1H3;4-5,10-11,15-17H,2-3,6-9H2,1H3/t15-;/m0./s1. The van der Waals surface area contributed by atoms with E-state index in [9.17, 15) is 19.8 Å². The van der Waals surface area contributed by atoms with E-state index in [0.717, 1.165) is 61.2 Å². The lowest BCUT2D eigenvalue weighted by Gasteiger charge is -2.17. The quantitative estimate of drug-likeness (QED) is 0.181. The second-order valence-corrected chi connectivity index (χ2v) is 11.1. The number of unbranched alkanes of at least 4 members (excludes halogenated alkanes) is 2. The molecule has 3 rings (SSSR count). The molecular weight excluding hydrogens is 518 g/mol. The number of rotatable bonds is 15. The van der Waals surface area contributed by atoms with Gasteiger partial charge in [0.1, 0.15) is 4.88 Å². The number of carbonyl (C=O) groups is 2. The Morgan fingerprint density at radius 1 is 1.00 bits per heavy atom. The van der Waals surface area contributed by atoms with E-state index in [1.165, 1.54) is 17.8 Å². The fourth-order valence-corrected chi connectivity index (χ4v) is 5.29. The molecule has 3 atom stereocenters. The van der Waals surface area contributed by atoms with Crippen LogP contribution >= 0.6 is 11.3 Å². The Hall–Kier alpha value is -2.30. The average Bonchev–Trinajstić information content (AvgIpc) is 3.58. The van der Waals surface area contributed by atoms with E-state index in [1.807, 2.05) is 35.2 Å². The largest absolute Gasteiger partial charge is 0.461 e. The van der Waals surface area contributed by atoms with Gasteiger partial charge in [-0.1, -0.05) is 51.7 Å². The Balaban J connectivity index is 0.000000274. The number of hydrogen-bond donors (Lipinski definition) is 4. The van der Waals surface area contributed by atoms with Gasteiger partial charge in [-0.05, 0) is 49.1 Å². The molecule has 1 aromatic carbocycles. The number of esters is 1. The summed E-state index contributed by atoms with van der Waals surface area (Å²) in [5.74, 6) is -0.177. The summed E-state index contributed by atoms with van der Waals surface area (Å²) >= 11 is 1.43. The first-order valence-electron chi connectivity index (χ1n) is 14.1. The van der Waals surface area contributed by atoms with E-state index in [-0.39, 0.29) is 44.0 Å². The lowest BCUT2D eigenvalue weighted by molar-refractivity contribution is -0.117. The highest BCUT2D eigenvalue weighted by Crippen LogP contribution is 2.25. The summed E-state index contributed by atoms with van der Waals surface area (Å²) in [6, 6.07) is 11.5. The van der Waals surface area contributed by atoms with Crippen molar-refractivity contribution in [1.29, 1.82) is 0 Å². The normalized spacial score (nSPS) is 15.4. The van der Waals surface area contributed by atoms with Crippen LogP contribution in [-0.2, 0) is 16.0 Å². The highest BCUT2D eigenvalue weighted by molar-refractivity contribution is 7.13. The Labute approximate surface area is 236 Å². The molecule has 4 N–H and O–H groups in total. The summed E-state index contributed by atoms with van der Waals surface area (Å²) in [6.07, 6.45) is 6.02. The number of aliphatic hydroxyl groups excluding tert-OH is 4. The van der Waals surface area contributed by atoms with Crippen LogP contribution in [-0.4, -0.2) is 64.3 Å². The van der Waals surface area contributed by atoms with Crippen LogP contribution in [0.5, 0.6) is 0 Å². The minimum absolute atomic E-state index is 0.0771. The molecule has 0 spiro atoms. The van der Waals surface area contributed by atoms with Crippen LogP contribution in [0.3, 0.4) is 0 Å². The minimum Gasteiger partial charge on any atom is -0.461 e. The molecule has 0 radical (unpaired) electrons. The first-order chi connectivity index (χ1) is 18.8. The topological polar surface area (TPSA) is 128 Å². The van der Waals surface area contributed by atoms with Gasteiger partial charge in [-0.15, -0.1) is 11.3 Å².